The first kappa shape index (κ1) is 14.4. The van der Waals surface area contributed by atoms with Crippen molar-refractivity contribution in [3.63, 3.8) is 0 Å². The van der Waals surface area contributed by atoms with E-state index in [0.29, 0.717) is 6.54 Å². The molecule has 0 radical (unpaired) electrons. The first-order valence-corrected chi connectivity index (χ1v) is 7.53. The second-order valence-electron chi connectivity index (χ2n) is 5.29. The van der Waals surface area contributed by atoms with E-state index in [0.717, 1.165) is 29.9 Å². The number of nitrogens with zero attached hydrogens (tertiary/aromatic N) is 3. The Bertz CT molecular complexity index is 731. The predicted octanol–water partition coefficient (Wildman–Crippen LogP) is 3.73. The van der Waals surface area contributed by atoms with E-state index in [4.69, 9.17) is 4.42 Å². The average molecular weight is 296 g/mol. The van der Waals surface area contributed by atoms with Gasteiger partial charge in [-0.15, -0.1) is 0 Å². The number of nitrogens with one attached hydrogen (secondary N) is 1. The SMILES string of the molecule is CCCc1c(NCc2cocn2)cnn1-c1ccccc1C. The first-order chi connectivity index (χ1) is 10.8. The normalized spacial score (nSPS) is 10.8. The van der Waals surface area contributed by atoms with Crippen molar-refractivity contribution >= 4 is 5.69 Å². The van der Waals surface area contributed by atoms with Gasteiger partial charge in [-0.2, -0.15) is 5.10 Å². The van der Waals surface area contributed by atoms with Gasteiger partial charge in [-0.05, 0) is 25.0 Å². The summed E-state index contributed by atoms with van der Waals surface area (Å²) >= 11 is 0. The fourth-order valence-corrected chi connectivity index (χ4v) is 2.52. The van der Waals surface area contributed by atoms with Gasteiger partial charge in [-0.25, -0.2) is 9.67 Å². The number of hydrogen-bond donors (Lipinski definition) is 1. The zero-order valence-electron chi connectivity index (χ0n) is 12.9. The number of anilines is 1. The van der Waals surface area contributed by atoms with Crippen molar-refractivity contribution in [2.24, 2.45) is 0 Å². The maximum atomic E-state index is 5.00. The van der Waals surface area contributed by atoms with E-state index < -0.39 is 0 Å². The quantitative estimate of drug-likeness (QED) is 0.753. The highest BCUT2D eigenvalue weighted by atomic mass is 16.3. The van der Waals surface area contributed by atoms with Crippen molar-refractivity contribution < 1.29 is 4.42 Å². The van der Waals surface area contributed by atoms with Gasteiger partial charge in [-0.1, -0.05) is 31.5 Å². The molecule has 1 aromatic carbocycles. The molecule has 0 saturated heterocycles. The summed E-state index contributed by atoms with van der Waals surface area (Å²) in [4.78, 5) is 4.13. The summed E-state index contributed by atoms with van der Waals surface area (Å²) in [5, 5.41) is 7.98. The zero-order valence-corrected chi connectivity index (χ0v) is 12.9. The Kier molecular flexibility index (Phi) is 4.23. The summed E-state index contributed by atoms with van der Waals surface area (Å²) in [6.45, 7) is 4.92. The van der Waals surface area contributed by atoms with Crippen LogP contribution in [0.4, 0.5) is 5.69 Å². The van der Waals surface area contributed by atoms with Crippen molar-refractivity contribution in [2.45, 2.75) is 33.2 Å². The van der Waals surface area contributed by atoms with Crippen LogP contribution in [0.1, 0.15) is 30.3 Å². The molecule has 0 fully saturated rings. The van der Waals surface area contributed by atoms with Gasteiger partial charge in [0.05, 0.1) is 35.5 Å². The van der Waals surface area contributed by atoms with Crippen molar-refractivity contribution in [1.82, 2.24) is 14.8 Å². The van der Waals surface area contributed by atoms with E-state index in [1.807, 2.05) is 23.0 Å². The molecule has 3 rings (SSSR count). The molecule has 1 N–H and O–H groups in total. The van der Waals surface area contributed by atoms with E-state index >= 15 is 0 Å². The third kappa shape index (κ3) is 2.88. The largest absolute Gasteiger partial charge is 0.451 e. The van der Waals surface area contributed by atoms with Crippen LogP contribution in [-0.4, -0.2) is 14.8 Å². The number of oxazole rings is 1. The summed E-state index contributed by atoms with van der Waals surface area (Å²) in [7, 11) is 0. The Labute approximate surface area is 130 Å². The van der Waals surface area contributed by atoms with Crippen LogP contribution in [0.2, 0.25) is 0 Å². The fourth-order valence-electron chi connectivity index (χ4n) is 2.52. The highest BCUT2D eigenvalue weighted by Gasteiger charge is 2.13. The maximum absolute atomic E-state index is 5.00. The molecule has 3 aromatic rings. The summed E-state index contributed by atoms with van der Waals surface area (Å²) in [6.07, 6.45) is 7.02. The summed E-state index contributed by atoms with van der Waals surface area (Å²) in [6, 6.07) is 8.30. The van der Waals surface area contributed by atoms with Crippen LogP contribution >= 0.6 is 0 Å². The Morgan fingerprint density at radius 1 is 1.27 bits per heavy atom. The van der Waals surface area contributed by atoms with Gasteiger partial charge in [-0.3, -0.25) is 0 Å². The summed E-state index contributed by atoms with van der Waals surface area (Å²) in [5.41, 5.74) is 5.46. The molecule has 0 spiro atoms. The molecule has 5 heteroatoms. The van der Waals surface area contributed by atoms with Gasteiger partial charge >= 0.3 is 0 Å². The standard InChI is InChI=1S/C17H20N4O/c1-3-6-17-15(18-9-14-11-22-12-19-14)10-20-21(17)16-8-5-4-7-13(16)2/h4-5,7-8,10-12,18H,3,6,9H2,1-2H3. The van der Waals surface area contributed by atoms with Gasteiger partial charge in [0.15, 0.2) is 6.39 Å². The summed E-state index contributed by atoms with van der Waals surface area (Å²) in [5.74, 6) is 0. The molecule has 2 heterocycles. The number of rotatable bonds is 6. The second-order valence-corrected chi connectivity index (χ2v) is 5.29. The van der Waals surface area contributed by atoms with Crippen molar-refractivity contribution in [3.8, 4) is 5.69 Å². The van der Waals surface area contributed by atoms with Crippen LogP contribution in [-0.2, 0) is 13.0 Å². The van der Waals surface area contributed by atoms with Crippen molar-refractivity contribution in [2.75, 3.05) is 5.32 Å². The van der Waals surface area contributed by atoms with E-state index in [2.05, 4.69) is 41.4 Å². The second kappa shape index (κ2) is 6.47. The van der Waals surface area contributed by atoms with Crippen LogP contribution < -0.4 is 5.32 Å². The lowest BCUT2D eigenvalue weighted by Gasteiger charge is -2.11. The third-order valence-electron chi connectivity index (χ3n) is 3.64. The fraction of sp³-hybridized carbons (Fsp3) is 0.294. The lowest BCUT2D eigenvalue weighted by Crippen LogP contribution is -2.07. The molecule has 0 atom stereocenters. The molecule has 0 amide bonds. The van der Waals surface area contributed by atoms with E-state index in [9.17, 15) is 0 Å². The number of para-hydroxylation sites is 1. The molecule has 0 bridgehead atoms. The lowest BCUT2D eigenvalue weighted by molar-refractivity contribution is 0.556. The van der Waals surface area contributed by atoms with Crippen LogP contribution in [0.3, 0.4) is 0 Å². The first-order valence-electron chi connectivity index (χ1n) is 7.53. The molecule has 0 aliphatic rings. The molecule has 0 saturated carbocycles. The maximum Gasteiger partial charge on any atom is 0.180 e. The zero-order chi connectivity index (χ0) is 15.4. The van der Waals surface area contributed by atoms with E-state index in [1.165, 1.54) is 17.7 Å². The third-order valence-corrected chi connectivity index (χ3v) is 3.64. The van der Waals surface area contributed by atoms with Gasteiger partial charge in [0.25, 0.3) is 0 Å². The van der Waals surface area contributed by atoms with Gasteiger partial charge < -0.3 is 9.73 Å². The van der Waals surface area contributed by atoms with Crippen molar-refractivity contribution in [3.05, 3.63) is 60.1 Å². The number of aryl methyl sites for hydroxylation is 1. The van der Waals surface area contributed by atoms with E-state index in [1.54, 1.807) is 6.26 Å². The lowest BCUT2D eigenvalue weighted by atomic mass is 10.1. The van der Waals surface area contributed by atoms with E-state index in [-0.39, 0.29) is 0 Å². The van der Waals surface area contributed by atoms with Crippen molar-refractivity contribution in [1.29, 1.82) is 0 Å². The van der Waals surface area contributed by atoms with Crippen LogP contribution in [0.25, 0.3) is 5.69 Å². The Hall–Kier alpha value is -2.56. The van der Waals surface area contributed by atoms with Gasteiger partial charge in [0.2, 0.25) is 0 Å². The smallest absolute Gasteiger partial charge is 0.180 e. The van der Waals surface area contributed by atoms with Crippen LogP contribution in [0.15, 0.2) is 47.5 Å². The molecular weight excluding hydrogens is 276 g/mol. The average Bonchev–Trinajstić information content (AvgIpc) is 3.16. The van der Waals surface area contributed by atoms with Crippen LogP contribution in [0.5, 0.6) is 0 Å². The molecular formula is C17H20N4O. The minimum Gasteiger partial charge on any atom is -0.451 e. The summed E-state index contributed by atoms with van der Waals surface area (Å²) < 4.78 is 7.03. The number of hydrogen-bond acceptors (Lipinski definition) is 4. The molecule has 0 unspecified atom stereocenters. The van der Waals surface area contributed by atoms with Gasteiger partial charge in [0.1, 0.15) is 6.26 Å². The number of aromatic nitrogens is 3. The molecule has 114 valence electrons. The van der Waals surface area contributed by atoms with Crippen LogP contribution in [0, 0.1) is 6.92 Å². The highest BCUT2D eigenvalue weighted by Crippen LogP contribution is 2.23. The predicted molar refractivity (Wildman–Crippen MR) is 86.1 cm³/mol. The minimum absolute atomic E-state index is 0.632. The Morgan fingerprint density at radius 2 is 2.14 bits per heavy atom. The highest BCUT2D eigenvalue weighted by molar-refractivity contribution is 5.52. The minimum atomic E-state index is 0.632. The molecule has 2 aromatic heterocycles. The monoisotopic (exact) mass is 296 g/mol. The van der Waals surface area contributed by atoms with Gasteiger partial charge in [0, 0.05) is 0 Å². The Balaban J connectivity index is 1.90. The molecule has 22 heavy (non-hydrogen) atoms. The molecule has 0 aliphatic heterocycles. The molecule has 0 aliphatic carbocycles. The Morgan fingerprint density at radius 3 is 2.86 bits per heavy atom. The number of benzene rings is 1. The molecule has 5 nitrogen and oxygen atoms in total. The topological polar surface area (TPSA) is 55.9 Å².